The molecule has 1 amide bonds. The Hall–Kier alpha value is -2.71. The van der Waals surface area contributed by atoms with Crippen molar-refractivity contribution >= 4 is 38.2 Å². The number of carbonyl (C=O) groups is 1. The van der Waals surface area contributed by atoms with Crippen molar-refractivity contribution in [1.82, 2.24) is 20.1 Å². The molecule has 1 saturated carbocycles. The number of aromatic nitrogens is 3. The summed E-state index contributed by atoms with van der Waals surface area (Å²) >= 11 is 6.48. The zero-order chi connectivity index (χ0) is 22.2. The van der Waals surface area contributed by atoms with Crippen LogP contribution in [0.5, 0.6) is 0 Å². The van der Waals surface area contributed by atoms with Crippen molar-refractivity contribution in [1.29, 1.82) is 0 Å². The van der Waals surface area contributed by atoms with E-state index < -0.39 is 15.9 Å². The Morgan fingerprint density at radius 2 is 2.03 bits per heavy atom. The van der Waals surface area contributed by atoms with Crippen LogP contribution in [0.1, 0.15) is 41.9 Å². The number of amides is 1. The van der Waals surface area contributed by atoms with Crippen LogP contribution >= 0.6 is 11.6 Å². The van der Waals surface area contributed by atoms with Crippen molar-refractivity contribution in [2.45, 2.75) is 31.8 Å². The third kappa shape index (κ3) is 4.97. The molecule has 2 atom stereocenters. The molecule has 0 bridgehead atoms. The van der Waals surface area contributed by atoms with Gasteiger partial charge in [-0.2, -0.15) is 5.10 Å². The quantitative estimate of drug-likeness (QED) is 0.581. The first kappa shape index (κ1) is 21.5. The minimum Gasteiger partial charge on any atom is -0.345 e. The van der Waals surface area contributed by atoms with E-state index in [2.05, 4.69) is 15.4 Å². The van der Waals surface area contributed by atoms with Gasteiger partial charge in [-0.15, -0.1) is 0 Å². The third-order valence-electron chi connectivity index (χ3n) is 5.24. The third-order valence-corrected chi connectivity index (χ3v) is 6.24. The lowest BCUT2D eigenvalue weighted by Gasteiger charge is -2.20. The lowest BCUT2D eigenvalue weighted by atomic mass is 10.0. The summed E-state index contributed by atoms with van der Waals surface area (Å²) in [6.45, 7) is 1.69. The number of sulfone groups is 1. The monoisotopic (exact) mass is 458 g/mol. The van der Waals surface area contributed by atoms with Crippen LogP contribution in [0.25, 0.3) is 10.9 Å². The van der Waals surface area contributed by atoms with Gasteiger partial charge in [-0.25, -0.2) is 13.4 Å². The van der Waals surface area contributed by atoms with Crippen molar-refractivity contribution in [3.05, 3.63) is 70.5 Å². The van der Waals surface area contributed by atoms with Gasteiger partial charge in [0.05, 0.1) is 24.0 Å². The summed E-state index contributed by atoms with van der Waals surface area (Å²) in [6, 6.07) is 9.06. The average molecular weight is 459 g/mol. The Balaban J connectivity index is 1.60. The summed E-state index contributed by atoms with van der Waals surface area (Å²) in [7, 11) is -3.25. The maximum Gasteiger partial charge on any atom is 0.270 e. The van der Waals surface area contributed by atoms with Crippen molar-refractivity contribution in [3.63, 3.8) is 0 Å². The van der Waals surface area contributed by atoms with Gasteiger partial charge in [-0.3, -0.25) is 9.48 Å². The van der Waals surface area contributed by atoms with Crippen LogP contribution in [0.2, 0.25) is 5.02 Å². The number of pyridine rings is 1. The normalized spacial score (nSPS) is 16.5. The fraction of sp³-hybridized carbons (Fsp3) is 0.318. The zero-order valence-corrected chi connectivity index (χ0v) is 18.8. The molecule has 0 radical (unpaired) electrons. The molecule has 0 aliphatic heterocycles. The van der Waals surface area contributed by atoms with Gasteiger partial charge in [0.2, 0.25) is 0 Å². The Bertz CT molecular complexity index is 1260. The number of halogens is 1. The molecule has 3 aromatic rings. The number of carbonyl (C=O) groups excluding carboxylic acids is 1. The van der Waals surface area contributed by atoms with E-state index in [9.17, 15) is 13.2 Å². The molecule has 4 rings (SSSR count). The highest BCUT2D eigenvalue weighted by molar-refractivity contribution is 7.93. The summed E-state index contributed by atoms with van der Waals surface area (Å²) in [5.41, 5.74) is 2.11. The molecule has 162 valence electrons. The second kappa shape index (κ2) is 8.43. The smallest absolute Gasteiger partial charge is 0.270 e. The first-order chi connectivity index (χ1) is 14.7. The fourth-order valence-corrected chi connectivity index (χ4v) is 4.36. The second-order valence-corrected chi connectivity index (χ2v) is 10.3. The number of rotatable bonds is 7. The van der Waals surface area contributed by atoms with Crippen molar-refractivity contribution in [3.8, 4) is 0 Å². The van der Waals surface area contributed by atoms with E-state index in [-0.39, 0.29) is 17.6 Å². The number of nitrogens with one attached hydrogen (secondary N) is 1. The van der Waals surface area contributed by atoms with Gasteiger partial charge in [-0.1, -0.05) is 35.9 Å². The van der Waals surface area contributed by atoms with Gasteiger partial charge >= 0.3 is 0 Å². The highest BCUT2D eigenvalue weighted by Crippen LogP contribution is 2.45. The Kier molecular flexibility index (Phi) is 5.85. The van der Waals surface area contributed by atoms with Gasteiger partial charge in [0, 0.05) is 28.1 Å². The van der Waals surface area contributed by atoms with Gasteiger partial charge in [0.1, 0.15) is 5.69 Å². The molecular weight excluding hydrogens is 436 g/mol. The topological polar surface area (TPSA) is 94.0 Å². The Morgan fingerprint density at radius 1 is 1.29 bits per heavy atom. The second-order valence-electron chi connectivity index (χ2n) is 7.94. The van der Waals surface area contributed by atoms with E-state index in [1.54, 1.807) is 25.4 Å². The van der Waals surface area contributed by atoms with Gasteiger partial charge in [0.25, 0.3) is 5.91 Å². The molecule has 1 N–H and O–H groups in total. The fourth-order valence-electron chi connectivity index (χ4n) is 3.59. The standard InChI is InChI=1S/C22H23ClN4O3S/c1-14(9-10-31(2,29)30)26-22(28)19-11-16-12-25-27(20(16)13-24-19)21(15-7-8-15)17-5-3-4-6-18(17)23/h3-6,9-15,21H,7-8H2,1-2H3,(H,26,28)/b10-9+/t14-,21-/m1/s1. The van der Waals surface area contributed by atoms with Crippen molar-refractivity contribution in [2.24, 2.45) is 5.92 Å². The predicted molar refractivity (Wildman–Crippen MR) is 121 cm³/mol. The highest BCUT2D eigenvalue weighted by atomic mass is 35.5. The molecular formula is C22H23ClN4O3S. The summed E-state index contributed by atoms with van der Waals surface area (Å²) in [4.78, 5) is 16.9. The van der Waals surface area contributed by atoms with Crippen LogP contribution in [0.4, 0.5) is 0 Å². The molecule has 1 aromatic carbocycles. The molecule has 1 aliphatic rings. The van der Waals surface area contributed by atoms with Crippen LogP contribution < -0.4 is 5.32 Å². The van der Waals surface area contributed by atoms with Crippen LogP contribution in [0.3, 0.4) is 0 Å². The molecule has 1 aliphatic carbocycles. The van der Waals surface area contributed by atoms with Gasteiger partial charge in [0.15, 0.2) is 9.84 Å². The van der Waals surface area contributed by atoms with Gasteiger partial charge < -0.3 is 5.32 Å². The lowest BCUT2D eigenvalue weighted by molar-refractivity contribution is 0.0942. The minimum absolute atomic E-state index is 0.0221. The molecule has 2 heterocycles. The maximum absolute atomic E-state index is 12.5. The number of hydrogen-bond acceptors (Lipinski definition) is 5. The number of fused-ring (bicyclic) bond motifs is 1. The molecule has 0 saturated heterocycles. The molecule has 2 aromatic heterocycles. The molecule has 9 heteroatoms. The zero-order valence-electron chi connectivity index (χ0n) is 17.2. The summed E-state index contributed by atoms with van der Waals surface area (Å²) in [5.74, 6) is 0.0820. The van der Waals surface area contributed by atoms with Crippen molar-refractivity contribution < 1.29 is 13.2 Å². The van der Waals surface area contributed by atoms with Crippen LogP contribution in [-0.4, -0.2) is 41.4 Å². The minimum atomic E-state index is -3.25. The SMILES string of the molecule is C[C@H](/C=C/S(C)(=O)=O)NC(=O)c1cc2cnn([C@@H](c3ccccc3Cl)C3CC3)c2cn1. The first-order valence-electron chi connectivity index (χ1n) is 10.00. The first-order valence-corrected chi connectivity index (χ1v) is 12.3. The van der Waals surface area contributed by atoms with Crippen molar-refractivity contribution in [2.75, 3.05) is 6.26 Å². The summed E-state index contributed by atoms with van der Waals surface area (Å²) in [5, 5.41) is 9.92. The lowest BCUT2D eigenvalue weighted by Crippen LogP contribution is -2.31. The Morgan fingerprint density at radius 3 is 2.71 bits per heavy atom. The number of hydrogen-bond donors (Lipinski definition) is 1. The van der Waals surface area contributed by atoms with E-state index >= 15 is 0 Å². The van der Waals surface area contributed by atoms with Gasteiger partial charge in [-0.05, 0) is 43.4 Å². The van der Waals surface area contributed by atoms with E-state index in [0.29, 0.717) is 10.9 Å². The molecule has 7 nitrogen and oxygen atoms in total. The van der Waals surface area contributed by atoms with Crippen LogP contribution in [0.15, 0.2) is 54.2 Å². The molecule has 0 spiro atoms. The summed E-state index contributed by atoms with van der Waals surface area (Å²) < 4.78 is 24.4. The maximum atomic E-state index is 12.5. The van der Waals surface area contributed by atoms with Crippen LogP contribution in [0, 0.1) is 5.92 Å². The molecule has 0 unspecified atom stereocenters. The average Bonchev–Trinajstić information content (AvgIpc) is 3.47. The predicted octanol–water partition coefficient (Wildman–Crippen LogP) is 3.76. The molecule has 31 heavy (non-hydrogen) atoms. The summed E-state index contributed by atoms with van der Waals surface area (Å²) in [6.07, 6.45) is 8.14. The van der Waals surface area contributed by atoms with Crippen LogP contribution in [-0.2, 0) is 9.84 Å². The largest absolute Gasteiger partial charge is 0.345 e. The number of nitrogens with zero attached hydrogens (tertiary/aromatic N) is 3. The Labute approximate surface area is 186 Å². The van der Waals surface area contributed by atoms with E-state index in [4.69, 9.17) is 11.6 Å². The molecule has 1 fully saturated rings. The highest BCUT2D eigenvalue weighted by Gasteiger charge is 2.36. The van der Waals surface area contributed by atoms with E-state index in [1.165, 1.54) is 6.08 Å². The van der Waals surface area contributed by atoms with E-state index in [1.807, 2.05) is 28.9 Å². The van der Waals surface area contributed by atoms with E-state index in [0.717, 1.165) is 41.0 Å². The number of benzene rings is 1.